The van der Waals surface area contributed by atoms with E-state index in [1.54, 1.807) is 11.3 Å². The van der Waals surface area contributed by atoms with Gasteiger partial charge in [-0.15, -0.1) is 11.3 Å². The quantitative estimate of drug-likeness (QED) is 0.848. The van der Waals surface area contributed by atoms with Gasteiger partial charge in [0.1, 0.15) is 0 Å². The maximum absolute atomic E-state index is 12.9. The molecule has 1 aliphatic carbocycles. The van der Waals surface area contributed by atoms with Gasteiger partial charge >= 0.3 is 0 Å². The molecule has 4 rings (SSSR count). The maximum atomic E-state index is 12.9. The van der Waals surface area contributed by atoms with Gasteiger partial charge in [-0.25, -0.2) is 0 Å². The van der Waals surface area contributed by atoms with E-state index in [0.717, 1.165) is 17.7 Å². The number of carbonyl (C=O) groups is 1. The molecule has 0 saturated carbocycles. The molecule has 2 unspecified atom stereocenters. The molecule has 3 nitrogen and oxygen atoms in total. The molecule has 3 heterocycles. The molecule has 3 aliphatic rings. The van der Waals surface area contributed by atoms with Gasteiger partial charge in [-0.3, -0.25) is 4.79 Å². The molecule has 2 bridgehead atoms. The van der Waals surface area contributed by atoms with E-state index in [0.29, 0.717) is 18.1 Å². The maximum Gasteiger partial charge on any atom is 0.263 e. The summed E-state index contributed by atoms with van der Waals surface area (Å²) < 4.78 is 0. The van der Waals surface area contributed by atoms with Gasteiger partial charge in [0.25, 0.3) is 5.91 Å². The van der Waals surface area contributed by atoms with Gasteiger partial charge in [0.05, 0.1) is 4.88 Å². The Morgan fingerprint density at radius 2 is 1.91 bits per heavy atom. The summed E-state index contributed by atoms with van der Waals surface area (Å²) in [4.78, 5) is 17.4. The van der Waals surface area contributed by atoms with Crippen molar-refractivity contribution in [3.8, 4) is 0 Å². The lowest BCUT2D eigenvalue weighted by atomic mass is 9.98. The van der Waals surface area contributed by atoms with Crippen LogP contribution in [-0.2, 0) is 12.8 Å². The highest BCUT2D eigenvalue weighted by molar-refractivity contribution is 7.14. The molecule has 0 radical (unpaired) electrons. The number of rotatable bonds is 2. The largest absolute Gasteiger partial charge is 0.338 e. The van der Waals surface area contributed by atoms with Crippen molar-refractivity contribution in [2.75, 3.05) is 7.05 Å². The topological polar surface area (TPSA) is 32.3 Å². The molecule has 2 fully saturated rings. The molecule has 1 aromatic heterocycles. The zero-order chi connectivity index (χ0) is 15.1. The summed E-state index contributed by atoms with van der Waals surface area (Å²) in [5.74, 6) is 0.254. The highest BCUT2D eigenvalue weighted by Crippen LogP contribution is 2.32. The van der Waals surface area contributed by atoms with Crippen molar-refractivity contribution < 1.29 is 4.79 Å². The van der Waals surface area contributed by atoms with Crippen LogP contribution in [0.2, 0.25) is 0 Å². The van der Waals surface area contributed by atoms with E-state index in [-0.39, 0.29) is 5.91 Å². The van der Waals surface area contributed by atoms with Crippen LogP contribution in [0, 0.1) is 0 Å². The van der Waals surface area contributed by atoms with Crippen LogP contribution in [0.4, 0.5) is 0 Å². The molecule has 0 aromatic carbocycles. The molecular weight excluding hydrogens is 292 g/mol. The summed E-state index contributed by atoms with van der Waals surface area (Å²) in [5.41, 5.74) is 1.45. The molecule has 120 valence electrons. The van der Waals surface area contributed by atoms with Crippen molar-refractivity contribution >= 4 is 17.2 Å². The van der Waals surface area contributed by atoms with E-state index in [4.69, 9.17) is 0 Å². The fourth-order valence-electron chi connectivity index (χ4n) is 4.46. The van der Waals surface area contributed by atoms with Crippen LogP contribution in [0.25, 0.3) is 0 Å². The van der Waals surface area contributed by atoms with Crippen molar-refractivity contribution in [3.63, 3.8) is 0 Å². The monoisotopic (exact) mass is 318 g/mol. The summed E-state index contributed by atoms with van der Waals surface area (Å²) >= 11 is 1.76. The Morgan fingerprint density at radius 3 is 2.68 bits per heavy atom. The number of carbonyl (C=O) groups excluding carboxylic acids is 1. The average molecular weight is 318 g/mol. The zero-order valence-corrected chi connectivity index (χ0v) is 14.3. The van der Waals surface area contributed by atoms with Crippen molar-refractivity contribution in [1.29, 1.82) is 0 Å². The normalized spacial score (nSPS) is 30.7. The minimum absolute atomic E-state index is 0.254. The lowest BCUT2D eigenvalue weighted by Gasteiger charge is -2.35. The molecule has 2 aliphatic heterocycles. The molecule has 22 heavy (non-hydrogen) atoms. The lowest BCUT2D eigenvalue weighted by molar-refractivity contribution is 0.0686. The van der Waals surface area contributed by atoms with Crippen LogP contribution in [-0.4, -0.2) is 36.0 Å². The summed E-state index contributed by atoms with van der Waals surface area (Å²) in [5, 5.41) is 3.67. The number of amides is 1. The summed E-state index contributed by atoms with van der Waals surface area (Å²) in [7, 11) is 2.02. The first-order valence-corrected chi connectivity index (χ1v) is 9.67. The van der Waals surface area contributed by atoms with Gasteiger partial charge in [-0.1, -0.05) is 6.42 Å². The zero-order valence-electron chi connectivity index (χ0n) is 13.4. The summed E-state index contributed by atoms with van der Waals surface area (Å²) in [6.07, 6.45) is 11.1. The number of nitrogens with one attached hydrogen (secondary N) is 1. The molecule has 2 saturated heterocycles. The van der Waals surface area contributed by atoms with Crippen LogP contribution < -0.4 is 5.32 Å². The van der Waals surface area contributed by atoms with E-state index in [2.05, 4.69) is 11.4 Å². The van der Waals surface area contributed by atoms with E-state index in [1.807, 2.05) is 11.9 Å². The highest BCUT2D eigenvalue weighted by Gasteiger charge is 2.36. The van der Waals surface area contributed by atoms with Crippen LogP contribution in [0.5, 0.6) is 0 Å². The van der Waals surface area contributed by atoms with E-state index in [9.17, 15) is 4.79 Å². The Balaban J connectivity index is 1.49. The Morgan fingerprint density at radius 1 is 1.18 bits per heavy atom. The Labute approximate surface area is 137 Å². The Hall–Kier alpha value is -0.870. The van der Waals surface area contributed by atoms with Crippen molar-refractivity contribution in [2.24, 2.45) is 0 Å². The molecule has 4 heteroatoms. The third kappa shape index (κ3) is 2.71. The van der Waals surface area contributed by atoms with Crippen molar-refractivity contribution in [3.05, 3.63) is 21.4 Å². The molecule has 1 N–H and O–H groups in total. The van der Waals surface area contributed by atoms with Gasteiger partial charge in [0.15, 0.2) is 0 Å². The van der Waals surface area contributed by atoms with Crippen LogP contribution >= 0.6 is 11.3 Å². The molecule has 0 spiro atoms. The fraction of sp³-hybridized carbons (Fsp3) is 0.722. The molecule has 1 amide bonds. The second-order valence-electron chi connectivity index (χ2n) is 7.30. The van der Waals surface area contributed by atoms with Crippen LogP contribution in [0.15, 0.2) is 6.07 Å². The smallest absolute Gasteiger partial charge is 0.263 e. The van der Waals surface area contributed by atoms with E-state index < -0.39 is 0 Å². The molecular formula is C18H26N2OS. The van der Waals surface area contributed by atoms with Crippen molar-refractivity contribution in [1.82, 2.24) is 10.2 Å². The third-order valence-corrected chi connectivity index (χ3v) is 7.00. The van der Waals surface area contributed by atoms with E-state index in [1.165, 1.54) is 55.4 Å². The number of piperidine rings is 1. The van der Waals surface area contributed by atoms with Gasteiger partial charge in [0.2, 0.25) is 0 Å². The summed E-state index contributed by atoms with van der Waals surface area (Å²) in [6.45, 7) is 0. The average Bonchev–Trinajstić information content (AvgIpc) is 3.01. The standard InChI is InChI=1S/C18H26N2OS/c1-20(15-10-13-7-8-14(11-15)19-13)18(21)17-9-12-5-3-2-4-6-16(12)22-17/h9,13-15,19H,2-8,10-11H2,1H3. The first kappa shape index (κ1) is 14.7. The van der Waals surface area contributed by atoms with Crippen LogP contribution in [0.1, 0.15) is 65.1 Å². The van der Waals surface area contributed by atoms with Crippen molar-refractivity contribution in [2.45, 2.75) is 75.9 Å². The minimum Gasteiger partial charge on any atom is -0.338 e. The Bertz CT molecular complexity index is 532. The molecule has 1 aromatic rings. The first-order chi connectivity index (χ1) is 10.7. The molecule has 2 atom stereocenters. The SMILES string of the molecule is CN(C(=O)c1cc2c(s1)CCCCC2)C1CC2CCC(C1)N2. The first-order valence-electron chi connectivity index (χ1n) is 8.85. The number of aryl methyl sites for hydroxylation is 2. The fourth-order valence-corrected chi connectivity index (χ4v) is 5.69. The van der Waals surface area contributed by atoms with Gasteiger partial charge < -0.3 is 10.2 Å². The predicted octanol–water partition coefficient (Wildman–Crippen LogP) is 3.37. The summed E-state index contributed by atoms with van der Waals surface area (Å²) in [6, 6.07) is 3.89. The second-order valence-corrected chi connectivity index (χ2v) is 8.44. The third-order valence-electron chi connectivity index (χ3n) is 5.77. The second kappa shape index (κ2) is 5.97. The predicted molar refractivity (Wildman–Crippen MR) is 90.6 cm³/mol. The highest BCUT2D eigenvalue weighted by atomic mass is 32.1. The van der Waals surface area contributed by atoms with Crippen LogP contribution in [0.3, 0.4) is 0 Å². The number of hydrogen-bond acceptors (Lipinski definition) is 3. The number of thiophene rings is 1. The van der Waals surface area contributed by atoms with E-state index >= 15 is 0 Å². The minimum atomic E-state index is 0.254. The lowest BCUT2D eigenvalue weighted by Crippen LogP contribution is -2.48. The van der Waals surface area contributed by atoms with Gasteiger partial charge in [0, 0.05) is 30.1 Å². The number of nitrogens with zero attached hydrogens (tertiary/aromatic N) is 1. The Kier molecular flexibility index (Phi) is 3.99. The van der Waals surface area contributed by atoms with Gasteiger partial charge in [-0.2, -0.15) is 0 Å². The number of hydrogen-bond donors (Lipinski definition) is 1. The van der Waals surface area contributed by atoms with Gasteiger partial charge in [-0.05, 0) is 63.0 Å². The number of fused-ring (bicyclic) bond motifs is 3.